The third-order valence-corrected chi connectivity index (χ3v) is 4.53. The molecule has 98 valence electrons. The Morgan fingerprint density at radius 2 is 2.16 bits per heavy atom. The van der Waals surface area contributed by atoms with Gasteiger partial charge in [0.25, 0.3) is 0 Å². The molecule has 3 rings (SSSR count). The molecule has 0 bridgehead atoms. The standard InChI is InChI=1S/C12H10Cl2N4S/c1-6(9-2-3-10(14)19-9)18-11-8(17-12(18)15)4-7(13)5-16-11/h2-6H,1H3,(H2,15,17). The van der Waals surface area contributed by atoms with Gasteiger partial charge in [-0.1, -0.05) is 23.2 Å². The van der Waals surface area contributed by atoms with Crippen LogP contribution in [0.5, 0.6) is 0 Å². The molecule has 1 atom stereocenters. The van der Waals surface area contributed by atoms with Crippen molar-refractivity contribution in [2.45, 2.75) is 13.0 Å². The van der Waals surface area contributed by atoms with Crippen LogP contribution < -0.4 is 5.73 Å². The van der Waals surface area contributed by atoms with Crippen LogP contribution in [0.2, 0.25) is 9.36 Å². The molecule has 0 spiro atoms. The predicted octanol–water partition coefficient (Wildman–Crippen LogP) is 3.99. The summed E-state index contributed by atoms with van der Waals surface area (Å²) in [6, 6.07) is 5.64. The van der Waals surface area contributed by atoms with E-state index in [0.29, 0.717) is 16.5 Å². The molecule has 0 saturated heterocycles. The molecular weight excluding hydrogens is 303 g/mol. The highest BCUT2D eigenvalue weighted by molar-refractivity contribution is 7.16. The van der Waals surface area contributed by atoms with E-state index in [1.165, 1.54) is 11.3 Å². The molecule has 3 aromatic heterocycles. The van der Waals surface area contributed by atoms with E-state index in [9.17, 15) is 0 Å². The smallest absolute Gasteiger partial charge is 0.203 e. The second-order valence-corrected chi connectivity index (χ2v) is 6.34. The van der Waals surface area contributed by atoms with Gasteiger partial charge in [0.2, 0.25) is 5.95 Å². The topological polar surface area (TPSA) is 56.7 Å². The zero-order valence-electron chi connectivity index (χ0n) is 9.97. The van der Waals surface area contributed by atoms with Crippen molar-refractivity contribution in [2.75, 3.05) is 5.73 Å². The van der Waals surface area contributed by atoms with Crippen molar-refractivity contribution in [2.24, 2.45) is 0 Å². The van der Waals surface area contributed by atoms with E-state index in [-0.39, 0.29) is 6.04 Å². The van der Waals surface area contributed by atoms with Crippen LogP contribution in [0.4, 0.5) is 5.95 Å². The van der Waals surface area contributed by atoms with Crippen LogP contribution in [0.25, 0.3) is 11.2 Å². The molecule has 3 aromatic rings. The third kappa shape index (κ3) is 2.18. The van der Waals surface area contributed by atoms with Gasteiger partial charge < -0.3 is 5.73 Å². The molecule has 0 aliphatic carbocycles. The van der Waals surface area contributed by atoms with Crippen LogP contribution >= 0.6 is 34.5 Å². The molecule has 3 heterocycles. The van der Waals surface area contributed by atoms with Gasteiger partial charge in [0, 0.05) is 11.1 Å². The molecule has 0 aliphatic heterocycles. The molecular formula is C12H10Cl2N4S. The molecule has 19 heavy (non-hydrogen) atoms. The highest BCUT2D eigenvalue weighted by Gasteiger charge is 2.18. The van der Waals surface area contributed by atoms with Gasteiger partial charge in [0.05, 0.1) is 15.4 Å². The number of nitrogens with two attached hydrogens (primary N) is 1. The Hall–Kier alpha value is -1.30. The zero-order valence-corrected chi connectivity index (χ0v) is 12.3. The molecule has 0 aliphatic rings. The van der Waals surface area contributed by atoms with Gasteiger partial charge in [-0.3, -0.25) is 4.57 Å². The van der Waals surface area contributed by atoms with E-state index >= 15 is 0 Å². The number of pyridine rings is 1. The quantitative estimate of drug-likeness (QED) is 0.778. The molecule has 7 heteroatoms. The number of fused-ring (bicyclic) bond motifs is 1. The highest BCUT2D eigenvalue weighted by Crippen LogP contribution is 2.32. The minimum atomic E-state index is 0.0242. The van der Waals surface area contributed by atoms with Gasteiger partial charge >= 0.3 is 0 Å². The van der Waals surface area contributed by atoms with E-state index in [1.807, 2.05) is 23.6 Å². The van der Waals surface area contributed by atoms with Crippen molar-refractivity contribution in [3.05, 3.63) is 38.6 Å². The number of halogens is 2. The number of thiophene rings is 1. The van der Waals surface area contributed by atoms with Gasteiger partial charge in [-0.2, -0.15) is 0 Å². The van der Waals surface area contributed by atoms with E-state index in [0.717, 1.165) is 14.9 Å². The summed E-state index contributed by atoms with van der Waals surface area (Å²) in [6.45, 7) is 2.04. The first-order valence-corrected chi connectivity index (χ1v) is 7.17. The maximum absolute atomic E-state index is 5.99. The number of hydrogen-bond acceptors (Lipinski definition) is 4. The minimum Gasteiger partial charge on any atom is -0.369 e. The SMILES string of the molecule is CC(c1ccc(Cl)s1)n1c(N)nc2cc(Cl)cnc21. The Labute approximate surface area is 123 Å². The van der Waals surface area contributed by atoms with Crippen molar-refractivity contribution < 1.29 is 0 Å². The molecule has 0 amide bonds. The van der Waals surface area contributed by atoms with Gasteiger partial charge in [-0.15, -0.1) is 11.3 Å². The Balaban J connectivity index is 2.16. The number of anilines is 1. The van der Waals surface area contributed by atoms with Gasteiger partial charge in [0.1, 0.15) is 5.52 Å². The molecule has 0 aromatic carbocycles. The normalized spacial score (nSPS) is 13.0. The molecule has 2 N–H and O–H groups in total. The van der Waals surface area contributed by atoms with E-state index in [4.69, 9.17) is 28.9 Å². The number of nitrogens with zero attached hydrogens (tertiary/aromatic N) is 3. The summed E-state index contributed by atoms with van der Waals surface area (Å²) in [7, 11) is 0. The van der Waals surface area contributed by atoms with Crippen LogP contribution in [0.3, 0.4) is 0 Å². The Bertz CT molecular complexity index is 749. The fraction of sp³-hybridized carbons (Fsp3) is 0.167. The molecule has 4 nitrogen and oxygen atoms in total. The molecule has 0 saturated carbocycles. The molecule has 0 radical (unpaired) electrons. The lowest BCUT2D eigenvalue weighted by Crippen LogP contribution is -2.09. The number of aromatic nitrogens is 3. The van der Waals surface area contributed by atoms with Crippen LogP contribution in [-0.4, -0.2) is 14.5 Å². The molecule has 1 unspecified atom stereocenters. The lowest BCUT2D eigenvalue weighted by Gasteiger charge is -2.13. The van der Waals surface area contributed by atoms with Gasteiger partial charge in [-0.25, -0.2) is 9.97 Å². The maximum Gasteiger partial charge on any atom is 0.203 e. The Kier molecular flexibility index (Phi) is 3.12. The Morgan fingerprint density at radius 1 is 1.37 bits per heavy atom. The monoisotopic (exact) mass is 312 g/mol. The second-order valence-electron chi connectivity index (χ2n) is 4.15. The average molecular weight is 313 g/mol. The summed E-state index contributed by atoms with van der Waals surface area (Å²) in [5, 5.41) is 0.545. The first kappa shape index (κ1) is 12.7. The highest BCUT2D eigenvalue weighted by atomic mass is 35.5. The van der Waals surface area contributed by atoms with E-state index in [1.54, 1.807) is 12.3 Å². The summed E-state index contributed by atoms with van der Waals surface area (Å²) in [5.74, 6) is 0.418. The van der Waals surface area contributed by atoms with Gasteiger partial charge in [0.15, 0.2) is 5.65 Å². The fourth-order valence-corrected chi connectivity index (χ4v) is 3.29. The summed E-state index contributed by atoms with van der Waals surface area (Å²) in [4.78, 5) is 9.71. The van der Waals surface area contributed by atoms with E-state index < -0.39 is 0 Å². The maximum atomic E-state index is 5.99. The number of rotatable bonds is 2. The lowest BCUT2D eigenvalue weighted by atomic mass is 10.2. The third-order valence-electron chi connectivity index (χ3n) is 2.92. The van der Waals surface area contributed by atoms with Crippen molar-refractivity contribution in [1.82, 2.24) is 14.5 Å². The van der Waals surface area contributed by atoms with Crippen molar-refractivity contribution in [3.8, 4) is 0 Å². The van der Waals surface area contributed by atoms with Gasteiger partial charge in [-0.05, 0) is 25.1 Å². The number of hydrogen-bond donors (Lipinski definition) is 1. The number of imidazole rings is 1. The van der Waals surface area contributed by atoms with Crippen LogP contribution in [0, 0.1) is 0 Å². The summed E-state index contributed by atoms with van der Waals surface area (Å²) >= 11 is 13.4. The first-order valence-electron chi connectivity index (χ1n) is 5.60. The lowest BCUT2D eigenvalue weighted by molar-refractivity contribution is 0.674. The summed E-state index contributed by atoms with van der Waals surface area (Å²) < 4.78 is 2.63. The zero-order chi connectivity index (χ0) is 13.6. The average Bonchev–Trinajstić information content (AvgIpc) is 2.91. The summed E-state index contributed by atoms with van der Waals surface area (Å²) in [6.07, 6.45) is 1.59. The van der Waals surface area contributed by atoms with Crippen molar-refractivity contribution in [3.63, 3.8) is 0 Å². The summed E-state index contributed by atoms with van der Waals surface area (Å²) in [5.41, 5.74) is 7.40. The fourth-order valence-electron chi connectivity index (χ4n) is 2.04. The second kappa shape index (κ2) is 4.67. The van der Waals surface area contributed by atoms with Crippen molar-refractivity contribution >= 4 is 51.7 Å². The van der Waals surface area contributed by atoms with Crippen molar-refractivity contribution in [1.29, 1.82) is 0 Å². The Morgan fingerprint density at radius 3 is 2.84 bits per heavy atom. The largest absolute Gasteiger partial charge is 0.369 e. The minimum absolute atomic E-state index is 0.0242. The van der Waals surface area contributed by atoms with Crippen LogP contribution in [0.1, 0.15) is 17.8 Å². The number of nitrogen functional groups attached to an aromatic ring is 1. The first-order chi connectivity index (χ1) is 9.06. The van der Waals surface area contributed by atoms with E-state index in [2.05, 4.69) is 9.97 Å². The predicted molar refractivity (Wildman–Crippen MR) is 80.1 cm³/mol. The van der Waals surface area contributed by atoms with Crippen LogP contribution in [-0.2, 0) is 0 Å². The molecule has 0 fully saturated rings. The van der Waals surface area contributed by atoms with Crippen LogP contribution in [0.15, 0.2) is 24.4 Å².